The number of rotatable bonds is 4. The number of piperazine rings is 1. The Balaban J connectivity index is 2.53. The van der Waals surface area contributed by atoms with Crippen molar-refractivity contribution in [2.24, 2.45) is 0 Å². The van der Waals surface area contributed by atoms with Crippen molar-refractivity contribution >= 4 is 9.84 Å². The third-order valence-corrected chi connectivity index (χ3v) is 5.55. The lowest BCUT2D eigenvalue weighted by Crippen LogP contribution is -2.56. The SMILES string of the molecule is CC1CNCC(C)N1CCS(=O)(=O)C(C)C. The number of hydrogen-bond acceptors (Lipinski definition) is 4. The van der Waals surface area contributed by atoms with Crippen molar-refractivity contribution in [1.82, 2.24) is 10.2 Å². The maximum absolute atomic E-state index is 11.7. The second-order valence-electron chi connectivity index (χ2n) is 5.01. The predicted octanol–water partition coefficient (Wildman–Crippen LogP) is 0.492. The molecule has 96 valence electrons. The van der Waals surface area contributed by atoms with E-state index in [-0.39, 0.29) is 11.0 Å². The maximum atomic E-state index is 11.7. The molecule has 2 atom stereocenters. The van der Waals surface area contributed by atoms with E-state index in [2.05, 4.69) is 24.1 Å². The molecule has 1 aliphatic rings. The first-order chi connectivity index (χ1) is 7.34. The molecule has 1 aliphatic heterocycles. The van der Waals surface area contributed by atoms with Gasteiger partial charge < -0.3 is 5.32 Å². The molecule has 0 spiro atoms. The average molecular weight is 248 g/mol. The minimum absolute atomic E-state index is 0.263. The molecular formula is C11H24N2O2S. The lowest BCUT2D eigenvalue weighted by molar-refractivity contribution is 0.125. The summed E-state index contributed by atoms with van der Waals surface area (Å²) in [5.41, 5.74) is 0. The van der Waals surface area contributed by atoms with Gasteiger partial charge in [0.2, 0.25) is 0 Å². The Morgan fingerprint density at radius 3 is 2.19 bits per heavy atom. The van der Waals surface area contributed by atoms with Gasteiger partial charge in [-0.2, -0.15) is 0 Å². The quantitative estimate of drug-likeness (QED) is 0.787. The van der Waals surface area contributed by atoms with E-state index < -0.39 is 9.84 Å². The molecular weight excluding hydrogens is 224 g/mol. The van der Waals surface area contributed by atoms with Crippen LogP contribution in [0.4, 0.5) is 0 Å². The van der Waals surface area contributed by atoms with Crippen LogP contribution in [-0.4, -0.2) is 56.0 Å². The summed E-state index contributed by atoms with van der Waals surface area (Å²) in [6.07, 6.45) is 0. The Morgan fingerprint density at radius 2 is 1.75 bits per heavy atom. The van der Waals surface area contributed by atoms with Gasteiger partial charge in [0.05, 0.1) is 11.0 Å². The molecule has 0 bridgehead atoms. The summed E-state index contributed by atoms with van der Waals surface area (Å²) in [4.78, 5) is 2.29. The van der Waals surface area contributed by atoms with Crippen LogP contribution >= 0.6 is 0 Å². The molecule has 0 amide bonds. The third-order valence-electron chi connectivity index (χ3n) is 3.36. The van der Waals surface area contributed by atoms with E-state index in [0.717, 1.165) is 13.1 Å². The first-order valence-electron chi connectivity index (χ1n) is 6.02. The fourth-order valence-corrected chi connectivity index (χ4v) is 3.02. The second-order valence-corrected chi connectivity index (χ2v) is 7.69. The van der Waals surface area contributed by atoms with Crippen molar-refractivity contribution in [3.05, 3.63) is 0 Å². The minimum atomic E-state index is -2.91. The van der Waals surface area contributed by atoms with Crippen molar-refractivity contribution in [2.75, 3.05) is 25.4 Å². The van der Waals surface area contributed by atoms with Crippen LogP contribution in [0.15, 0.2) is 0 Å². The fourth-order valence-electron chi connectivity index (χ4n) is 2.08. The van der Waals surface area contributed by atoms with Crippen molar-refractivity contribution in [2.45, 2.75) is 45.0 Å². The average Bonchev–Trinajstić information content (AvgIpc) is 2.16. The molecule has 0 saturated carbocycles. The molecule has 1 heterocycles. The maximum Gasteiger partial charge on any atom is 0.153 e. The second kappa shape index (κ2) is 5.47. The highest BCUT2D eigenvalue weighted by molar-refractivity contribution is 7.92. The van der Waals surface area contributed by atoms with Gasteiger partial charge in [0.25, 0.3) is 0 Å². The van der Waals surface area contributed by atoms with Crippen LogP contribution in [0, 0.1) is 0 Å². The van der Waals surface area contributed by atoms with Crippen LogP contribution < -0.4 is 5.32 Å². The topological polar surface area (TPSA) is 49.4 Å². The van der Waals surface area contributed by atoms with Gasteiger partial charge in [0.1, 0.15) is 0 Å². The molecule has 1 N–H and O–H groups in total. The predicted molar refractivity (Wildman–Crippen MR) is 67.4 cm³/mol. The normalized spacial score (nSPS) is 28.6. The van der Waals surface area contributed by atoms with Crippen LogP contribution in [0.1, 0.15) is 27.7 Å². The van der Waals surface area contributed by atoms with Crippen molar-refractivity contribution in [3.63, 3.8) is 0 Å². The van der Waals surface area contributed by atoms with E-state index in [4.69, 9.17) is 0 Å². The van der Waals surface area contributed by atoms with Gasteiger partial charge >= 0.3 is 0 Å². The largest absolute Gasteiger partial charge is 0.314 e. The van der Waals surface area contributed by atoms with Gasteiger partial charge in [-0.05, 0) is 27.7 Å². The standard InChI is InChI=1S/C11H24N2O2S/c1-9(2)16(14,15)6-5-13-10(3)7-12-8-11(13)4/h9-12H,5-8H2,1-4H3. The number of hydrogen-bond donors (Lipinski definition) is 1. The Kier molecular flexibility index (Phi) is 4.76. The molecule has 0 aromatic rings. The van der Waals surface area contributed by atoms with Gasteiger partial charge in [-0.25, -0.2) is 8.42 Å². The molecule has 4 nitrogen and oxygen atoms in total. The van der Waals surface area contributed by atoms with E-state index in [1.54, 1.807) is 13.8 Å². The molecule has 0 radical (unpaired) electrons. The third kappa shape index (κ3) is 3.43. The van der Waals surface area contributed by atoms with E-state index in [1.807, 2.05) is 0 Å². The minimum Gasteiger partial charge on any atom is -0.314 e. The molecule has 2 unspecified atom stereocenters. The first kappa shape index (κ1) is 13.9. The molecule has 0 aromatic heterocycles. The number of nitrogens with one attached hydrogen (secondary N) is 1. The summed E-state index contributed by atoms with van der Waals surface area (Å²) in [5, 5.41) is 3.08. The van der Waals surface area contributed by atoms with E-state index in [1.165, 1.54) is 0 Å². The van der Waals surface area contributed by atoms with Crippen molar-refractivity contribution in [1.29, 1.82) is 0 Å². The van der Waals surface area contributed by atoms with Gasteiger partial charge in [-0.15, -0.1) is 0 Å². The summed E-state index contributed by atoms with van der Waals surface area (Å²) >= 11 is 0. The highest BCUT2D eigenvalue weighted by Crippen LogP contribution is 2.11. The Bertz CT molecular complexity index is 304. The molecule has 16 heavy (non-hydrogen) atoms. The summed E-state index contributed by atoms with van der Waals surface area (Å²) in [5.74, 6) is 0.277. The van der Waals surface area contributed by atoms with Crippen LogP contribution in [-0.2, 0) is 9.84 Å². The summed E-state index contributed by atoms with van der Waals surface area (Å²) < 4.78 is 23.5. The van der Waals surface area contributed by atoms with Crippen LogP contribution in [0.5, 0.6) is 0 Å². The van der Waals surface area contributed by atoms with Crippen molar-refractivity contribution < 1.29 is 8.42 Å². The molecule has 1 fully saturated rings. The van der Waals surface area contributed by atoms with Gasteiger partial charge in [-0.3, -0.25) is 4.90 Å². The molecule has 5 heteroatoms. The molecule has 0 aliphatic carbocycles. The van der Waals surface area contributed by atoms with E-state index in [0.29, 0.717) is 18.6 Å². The smallest absolute Gasteiger partial charge is 0.153 e. The lowest BCUT2D eigenvalue weighted by Gasteiger charge is -2.39. The Morgan fingerprint density at radius 1 is 1.25 bits per heavy atom. The van der Waals surface area contributed by atoms with Gasteiger partial charge in [0.15, 0.2) is 9.84 Å². The zero-order chi connectivity index (χ0) is 12.3. The van der Waals surface area contributed by atoms with E-state index in [9.17, 15) is 8.42 Å². The van der Waals surface area contributed by atoms with E-state index >= 15 is 0 Å². The fraction of sp³-hybridized carbons (Fsp3) is 1.00. The first-order valence-corrected chi connectivity index (χ1v) is 7.74. The molecule has 1 saturated heterocycles. The zero-order valence-corrected chi connectivity index (χ0v) is 11.5. The summed E-state index contributed by atoms with van der Waals surface area (Å²) in [7, 11) is -2.91. The van der Waals surface area contributed by atoms with Crippen LogP contribution in [0.25, 0.3) is 0 Å². The number of nitrogens with zero attached hydrogens (tertiary/aromatic N) is 1. The Hall–Kier alpha value is -0.130. The Labute approximate surface area is 99.3 Å². The highest BCUT2D eigenvalue weighted by Gasteiger charge is 2.26. The lowest BCUT2D eigenvalue weighted by atomic mass is 10.1. The molecule has 0 aromatic carbocycles. The highest BCUT2D eigenvalue weighted by atomic mass is 32.2. The summed E-state index contributed by atoms with van der Waals surface area (Å²) in [6.45, 7) is 10.3. The zero-order valence-electron chi connectivity index (χ0n) is 10.7. The molecule has 1 rings (SSSR count). The van der Waals surface area contributed by atoms with Crippen LogP contribution in [0.2, 0.25) is 0 Å². The van der Waals surface area contributed by atoms with Gasteiger partial charge in [0, 0.05) is 31.7 Å². The van der Waals surface area contributed by atoms with Crippen LogP contribution in [0.3, 0.4) is 0 Å². The van der Waals surface area contributed by atoms with Crippen molar-refractivity contribution in [3.8, 4) is 0 Å². The summed E-state index contributed by atoms with van der Waals surface area (Å²) in [6, 6.07) is 0.845. The monoisotopic (exact) mass is 248 g/mol. The van der Waals surface area contributed by atoms with Gasteiger partial charge in [-0.1, -0.05) is 0 Å². The number of sulfone groups is 1.